The molecule has 0 radical (unpaired) electrons. The smallest absolute Gasteiger partial charge is 0.251 e. The number of aromatic nitrogens is 1. The van der Waals surface area contributed by atoms with Gasteiger partial charge >= 0.3 is 0 Å². The van der Waals surface area contributed by atoms with Crippen LogP contribution in [0.4, 0.5) is 20.3 Å². The number of alkyl halides is 2. The zero-order chi connectivity index (χ0) is 21.8. The molecule has 1 atom stereocenters. The fourth-order valence-corrected chi connectivity index (χ4v) is 4.55. The summed E-state index contributed by atoms with van der Waals surface area (Å²) in [6.45, 7) is 3.07. The summed E-state index contributed by atoms with van der Waals surface area (Å²) in [6, 6.07) is 10.5. The van der Waals surface area contributed by atoms with Crippen LogP contribution in [0.25, 0.3) is 0 Å². The first-order valence-electron chi connectivity index (χ1n) is 10.8. The van der Waals surface area contributed by atoms with Crippen molar-refractivity contribution in [1.29, 1.82) is 0 Å². The average molecular weight is 433 g/mol. The van der Waals surface area contributed by atoms with Crippen LogP contribution in [0, 0.1) is 0 Å². The maximum Gasteiger partial charge on any atom is 0.251 e. The number of halogens is 2. The van der Waals surface area contributed by atoms with Gasteiger partial charge in [0.1, 0.15) is 11.6 Å². The van der Waals surface area contributed by atoms with E-state index in [9.17, 15) is 13.6 Å². The number of aromatic amines is 1. The molecule has 1 aromatic carbocycles. The normalized spacial score (nSPS) is 21.6. The number of morpholine rings is 1. The predicted octanol–water partition coefficient (Wildman–Crippen LogP) is 3.46. The van der Waals surface area contributed by atoms with E-state index in [0.29, 0.717) is 57.3 Å². The van der Waals surface area contributed by atoms with Crippen molar-refractivity contribution in [2.24, 2.45) is 0 Å². The minimum absolute atomic E-state index is 0.153. The zero-order valence-electron chi connectivity index (χ0n) is 17.8. The van der Waals surface area contributed by atoms with E-state index in [4.69, 9.17) is 9.47 Å². The van der Waals surface area contributed by atoms with Crippen LogP contribution in [0.5, 0.6) is 5.75 Å². The summed E-state index contributed by atoms with van der Waals surface area (Å²) >= 11 is 0. The van der Waals surface area contributed by atoms with Crippen LogP contribution < -0.4 is 20.1 Å². The van der Waals surface area contributed by atoms with Crippen LogP contribution in [0.15, 0.2) is 41.2 Å². The average Bonchev–Trinajstić information content (AvgIpc) is 2.91. The molecule has 0 amide bonds. The number of ether oxygens (including phenoxy) is 2. The van der Waals surface area contributed by atoms with Gasteiger partial charge in [-0.3, -0.25) is 4.79 Å². The minimum Gasteiger partial charge on any atom is -0.496 e. The molecule has 0 unspecified atom stereocenters. The number of methoxy groups -OCH3 is 1. The Hall–Kier alpha value is -2.61. The summed E-state index contributed by atoms with van der Waals surface area (Å²) in [4.78, 5) is 19.4. The first-order valence-corrected chi connectivity index (χ1v) is 10.8. The number of nitrogens with zero attached hydrogens (tertiary/aromatic N) is 2. The monoisotopic (exact) mass is 433 g/mol. The van der Waals surface area contributed by atoms with Gasteiger partial charge in [0.2, 0.25) is 5.92 Å². The Morgan fingerprint density at radius 3 is 2.74 bits per heavy atom. The second-order valence-electron chi connectivity index (χ2n) is 8.21. The number of para-hydroxylation sites is 1. The van der Waals surface area contributed by atoms with Gasteiger partial charge in [0.25, 0.3) is 5.56 Å². The van der Waals surface area contributed by atoms with Crippen LogP contribution in [-0.2, 0) is 11.2 Å². The summed E-state index contributed by atoms with van der Waals surface area (Å²) in [6.07, 6.45) is 0.344. The van der Waals surface area contributed by atoms with Crippen molar-refractivity contribution in [3.05, 3.63) is 52.3 Å². The van der Waals surface area contributed by atoms with E-state index in [-0.39, 0.29) is 18.4 Å². The van der Waals surface area contributed by atoms with Crippen molar-refractivity contribution < 1.29 is 18.3 Å². The molecule has 0 aliphatic carbocycles. The Morgan fingerprint density at radius 1 is 1.19 bits per heavy atom. The minimum atomic E-state index is -2.75. The molecule has 1 N–H and O–H groups in total. The van der Waals surface area contributed by atoms with E-state index in [1.165, 1.54) is 0 Å². The highest BCUT2D eigenvalue weighted by Gasteiger charge is 2.38. The molecular weight excluding hydrogens is 404 g/mol. The Morgan fingerprint density at radius 2 is 1.97 bits per heavy atom. The topological polar surface area (TPSA) is 57.8 Å². The summed E-state index contributed by atoms with van der Waals surface area (Å²) in [7, 11) is 1.58. The summed E-state index contributed by atoms with van der Waals surface area (Å²) in [5, 5.41) is 0. The number of H-pyrrole nitrogens is 1. The lowest BCUT2D eigenvalue weighted by molar-refractivity contribution is -0.0174. The Bertz CT molecular complexity index is 944. The first-order chi connectivity index (χ1) is 14.9. The molecule has 2 saturated heterocycles. The number of pyridine rings is 1. The van der Waals surface area contributed by atoms with Crippen LogP contribution >= 0.6 is 0 Å². The lowest BCUT2D eigenvalue weighted by Gasteiger charge is -2.34. The molecule has 2 aromatic rings. The highest BCUT2D eigenvalue weighted by atomic mass is 19.3. The van der Waals surface area contributed by atoms with E-state index in [0.717, 1.165) is 11.3 Å². The predicted molar refractivity (Wildman–Crippen MR) is 117 cm³/mol. The molecule has 168 valence electrons. The fourth-order valence-electron chi connectivity index (χ4n) is 4.55. The van der Waals surface area contributed by atoms with Crippen molar-refractivity contribution in [3.63, 3.8) is 0 Å². The van der Waals surface area contributed by atoms with Crippen LogP contribution in [0.2, 0.25) is 0 Å². The molecule has 6 nitrogen and oxygen atoms in total. The molecule has 8 heteroatoms. The number of benzene rings is 1. The Kier molecular flexibility index (Phi) is 6.46. The van der Waals surface area contributed by atoms with Gasteiger partial charge < -0.3 is 24.3 Å². The number of rotatable bonds is 5. The molecular formula is C23H29F2N3O3. The molecule has 3 heterocycles. The quantitative estimate of drug-likeness (QED) is 0.783. The lowest BCUT2D eigenvalue weighted by Crippen LogP contribution is -2.41. The van der Waals surface area contributed by atoms with E-state index >= 15 is 0 Å². The molecule has 4 rings (SSSR count). The number of nitrogens with one attached hydrogen (secondary N) is 1. The molecule has 0 bridgehead atoms. The Labute approximate surface area is 180 Å². The standard InChI is InChI=1S/C23H29F2N3O3/c1-30-20-6-3-2-5-17(20)13-19-16-23(24,25)7-4-8-28(19)21-14-18(15-22(29)26-21)27-9-11-31-12-10-27/h2-3,5-6,14-15,19H,4,7-13,16H2,1H3,(H,26,29)/t19-/m0/s1. The summed E-state index contributed by atoms with van der Waals surface area (Å²) in [5.74, 6) is -1.47. The van der Waals surface area contributed by atoms with Gasteiger partial charge in [0.05, 0.1) is 20.3 Å². The molecule has 1 aromatic heterocycles. The van der Waals surface area contributed by atoms with Gasteiger partial charge in [0, 0.05) is 56.3 Å². The van der Waals surface area contributed by atoms with Crippen molar-refractivity contribution in [3.8, 4) is 5.75 Å². The van der Waals surface area contributed by atoms with Gasteiger partial charge in [-0.2, -0.15) is 0 Å². The first kappa shape index (κ1) is 21.6. The number of hydrogen-bond acceptors (Lipinski definition) is 5. The van der Waals surface area contributed by atoms with Crippen molar-refractivity contribution >= 4 is 11.5 Å². The van der Waals surface area contributed by atoms with Crippen molar-refractivity contribution in [1.82, 2.24) is 4.98 Å². The highest BCUT2D eigenvalue weighted by Crippen LogP contribution is 2.36. The third-order valence-corrected chi connectivity index (χ3v) is 6.07. The Balaban J connectivity index is 1.68. The fraction of sp³-hybridized carbons (Fsp3) is 0.522. The van der Waals surface area contributed by atoms with Gasteiger partial charge in [-0.1, -0.05) is 18.2 Å². The largest absolute Gasteiger partial charge is 0.496 e. The maximum atomic E-state index is 14.6. The SMILES string of the molecule is COc1ccccc1C[C@H]1CC(F)(F)CCCN1c1cc(N2CCOCC2)cc(=O)[nH]1. The van der Waals surface area contributed by atoms with Gasteiger partial charge in [0.15, 0.2) is 0 Å². The molecule has 0 saturated carbocycles. The van der Waals surface area contributed by atoms with Gasteiger partial charge in [-0.25, -0.2) is 8.78 Å². The zero-order valence-corrected chi connectivity index (χ0v) is 17.8. The van der Waals surface area contributed by atoms with E-state index in [2.05, 4.69) is 9.88 Å². The maximum absolute atomic E-state index is 14.6. The lowest BCUT2D eigenvalue weighted by atomic mass is 9.98. The number of anilines is 2. The van der Waals surface area contributed by atoms with E-state index in [1.807, 2.05) is 35.2 Å². The number of hydrogen-bond donors (Lipinski definition) is 1. The van der Waals surface area contributed by atoms with E-state index in [1.54, 1.807) is 13.2 Å². The van der Waals surface area contributed by atoms with E-state index < -0.39 is 12.0 Å². The molecule has 2 aliphatic heterocycles. The summed E-state index contributed by atoms with van der Waals surface area (Å²) in [5.41, 5.74) is 1.45. The van der Waals surface area contributed by atoms with Crippen molar-refractivity contribution in [2.45, 2.75) is 37.6 Å². The van der Waals surface area contributed by atoms with Crippen LogP contribution in [-0.4, -0.2) is 56.9 Å². The molecule has 2 aliphatic rings. The van der Waals surface area contributed by atoms with Crippen LogP contribution in [0.3, 0.4) is 0 Å². The van der Waals surface area contributed by atoms with Gasteiger partial charge in [-0.05, 0) is 24.5 Å². The van der Waals surface area contributed by atoms with Gasteiger partial charge in [-0.15, -0.1) is 0 Å². The third kappa shape index (κ3) is 5.18. The molecule has 2 fully saturated rings. The van der Waals surface area contributed by atoms with Crippen LogP contribution in [0.1, 0.15) is 24.8 Å². The highest BCUT2D eigenvalue weighted by molar-refractivity contribution is 5.56. The molecule has 0 spiro atoms. The molecule has 31 heavy (non-hydrogen) atoms. The summed E-state index contributed by atoms with van der Waals surface area (Å²) < 4.78 is 40.0. The van der Waals surface area contributed by atoms with Crippen molar-refractivity contribution in [2.75, 3.05) is 49.8 Å². The second kappa shape index (κ2) is 9.26. The second-order valence-corrected chi connectivity index (χ2v) is 8.21. The third-order valence-electron chi connectivity index (χ3n) is 6.07.